The zero-order chi connectivity index (χ0) is 16.8. The average molecular weight is 321 g/mol. The van der Waals surface area contributed by atoms with Gasteiger partial charge in [0.2, 0.25) is 0 Å². The summed E-state index contributed by atoms with van der Waals surface area (Å²) < 4.78 is 5.28. The molecule has 0 saturated carbocycles. The minimum absolute atomic E-state index is 0.0856. The number of hydrogen-bond acceptors (Lipinski definition) is 5. The van der Waals surface area contributed by atoms with Crippen LogP contribution in [0.15, 0.2) is 24.3 Å². The van der Waals surface area contributed by atoms with Crippen molar-refractivity contribution in [2.24, 2.45) is 5.92 Å². The number of nitrogens with zero attached hydrogens (tertiary/aromatic N) is 3. The molecule has 0 bridgehead atoms. The summed E-state index contributed by atoms with van der Waals surface area (Å²) in [6.07, 6.45) is 0.581. The highest BCUT2D eigenvalue weighted by Crippen LogP contribution is 2.20. The molecule has 0 unspecified atom stereocenters. The molecule has 1 fully saturated rings. The van der Waals surface area contributed by atoms with Crippen LogP contribution in [0.2, 0.25) is 0 Å². The minimum atomic E-state index is -0.404. The topological polar surface area (TPSA) is 75.9 Å². The van der Waals surface area contributed by atoms with Crippen LogP contribution in [-0.2, 0) is 4.74 Å². The van der Waals surface area contributed by atoms with E-state index in [1.807, 2.05) is 13.8 Å². The van der Waals surface area contributed by atoms with E-state index in [9.17, 15) is 14.9 Å². The lowest BCUT2D eigenvalue weighted by atomic mass is 10.2. The molecular weight excluding hydrogens is 298 g/mol. The smallest absolute Gasteiger partial charge is 0.409 e. The van der Waals surface area contributed by atoms with Gasteiger partial charge in [-0.1, -0.05) is 13.8 Å². The van der Waals surface area contributed by atoms with E-state index in [4.69, 9.17) is 4.74 Å². The molecule has 0 aliphatic carbocycles. The van der Waals surface area contributed by atoms with E-state index in [0.29, 0.717) is 32.2 Å². The van der Waals surface area contributed by atoms with Gasteiger partial charge in [-0.2, -0.15) is 0 Å². The second-order valence-corrected chi connectivity index (χ2v) is 6.07. The Bertz CT molecular complexity index is 545. The van der Waals surface area contributed by atoms with Gasteiger partial charge in [-0.25, -0.2) is 4.79 Å². The SMILES string of the molecule is CC(C)COC(=O)N1CCCN(c2ccc([N+](=O)[O-])cc2)CC1. The van der Waals surface area contributed by atoms with Crippen molar-refractivity contribution in [1.29, 1.82) is 0 Å². The summed E-state index contributed by atoms with van der Waals surface area (Å²) >= 11 is 0. The Labute approximate surface area is 136 Å². The van der Waals surface area contributed by atoms with E-state index < -0.39 is 4.92 Å². The van der Waals surface area contributed by atoms with E-state index in [2.05, 4.69) is 4.90 Å². The van der Waals surface area contributed by atoms with Crippen LogP contribution in [0.4, 0.5) is 16.2 Å². The quantitative estimate of drug-likeness (QED) is 0.629. The summed E-state index contributed by atoms with van der Waals surface area (Å²) in [5.41, 5.74) is 1.02. The average Bonchev–Trinajstić information content (AvgIpc) is 2.78. The number of rotatable bonds is 4. The van der Waals surface area contributed by atoms with Crippen molar-refractivity contribution in [1.82, 2.24) is 4.90 Å². The molecule has 1 amide bonds. The molecule has 1 aromatic rings. The molecule has 23 heavy (non-hydrogen) atoms. The van der Waals surface area contributed by atoms with Crippen LogP contribution in [0, 0.1) is 16.0 Å². The van der Waals surface area contributed by atoms with Gasteiger partial charge in [0.1, 0.15) is 0 Å². The molecule has 0 spiro atoms. The third kappa shape index (κ3) is 4.84. The zero-order valence-electron chi connectivity index (χ0n) is 13.6. The predicted octanol–water partition coefficient (Wildman–Crippen LogP) is 2.90. The lowest BCUT2D eigenvalue weighted by Gasteiger charge is -2.23. The second kappa shape index (κ2) is 7.80. The van der Waals surface area contributed by atoms with Crippen molar-refractivity contribution < 1.29 is 14.5 Å². The van der Waals surface area contributed by atoms with E-state index in [1.54, 1.807) is 17.0 Å². The normalized spacial score (nSPS) is 15.4. The summed E-state index contributed by atoms with van der Waals surface area (Å²) in [5.74, 6) is 0.322. The number of non-ortho nitro benzene ring substituents is 1. The van der Waals surface area contributed by atoms with Gasteiger partial charge in [-0.3, -0.25) is 10.1 Å². The van der Waals surface area contributed by atoms with Crippen molar-refractivity contribution in [2.75, 3.05) is 37.7 Å². The van der Waals surface area contributed by atoms with Crippen LogP contribution in [0.5, 0.6) is 0 Å². The molecule has 0 N–H and O–H groups in total. The molecule has 1 aromatic carbocycles. The molecule has 0 atom stereocenters. The highest BCUT2D eigenvalue weighted by Gasteiger charge is 2.21. The standard InChI is InChI=1S/C16H23N3O4/c1-13(2)12-23-16(20)18-9-3-8-17(10-11-18)14-4-6-15(7-5-14)19(21)22/h4-7,13H,3,8-12H2,1-2H3. The van der Waals surface area contributed by atoms with Crippen LogP contribution in [0.25, 0.3) is 0 Å². The van der Waals surface area contributed by atoms with Crippen molar-refractivity contribution in [3.63, 3.8) is 0 Å². The van der Waals surface area contributed by atoms with Gasteiger partial charge in [0, 0.05) is 44.0 Å². The lowest BCUT2D eigenvalue weighted by molar-refractivity contribution is -0.384. The molecule has 1 heterocycles. The lowest BCUT2D eigenvalue weighted by Crippen LogP contribution is -2.36. The van der Waals surface area contributed by atoms with Gasteiger partial charge < -0.3 is 14.5 Å². The second-order valence-electron chi connectivity index (χ2n) is 6.07. The Morgan fingerprint density at radius 2 is 1.91 bits per heavy atom. The number of hydrogen-bond donors (Lipinski definition) is 0. The first kappa shape index (κ1) is 17.1. The van der Waals surface area contributed by atoms with Crippen molar-refractivity contribution in [3.8, 4) is 0 Å². The Morgan fingerprint density at radius 3 is 2.52 bits per heavy atom. The van der Waals surface area contributed by atoms with E-state index in [1.165, 1.54) is 12.1 Å². The largest absolute Gasteiger partial charge is 0.449 e. The highest BCUT2D eigenvalue weighted by molar-refractivity contribution is 5.67. The number of benzene rings is 1. The van der Waals surface area contributed by atoms with Gasteiger partial charge in [-0.15, -0.1) is 0 Å². The van der Waals surface area contributed by atoms with Crippen LogP contribution < -0.4 is 4.90 Å². The third-order valence-electron chi connectivity index (χ3n) is 3.72. The van der Waals surface area contributed by atoms with E-state index in [-0.39, 0.29) is 11.8 Å². The Hall–Kier alpha value is -2.31. The first-order valence-corrected chi connectivity index (χ1v) is 7.88. The maximum absolute atomic E-state index is 12.0. The van der Waals surface area contributed by atoms with E-state index in [0.717, 1.165) is 18.7 Å². The zero-order valence-corrected chi connectivity index (χ0v) is 13.6. The Morgan fingerprint density at radius 1 is 1.22 bits per heavy atom. The number of carbonyl (C=O) groups is 1. The minimum Gasteiger partial charge on any atom is -0.449 e. The summed E-state index contributed by atoms with van der Waals surface area (Å²) in [5, 5.41) is 10.7. The molecule has 0 aromatic heterocycles. The summed E-state index contributed by atoms with van der Waals surface area (Å²) in [4.78, 5) is 26.2. The summed E-state index contributed by atoms with van der Waals surface area (Å²) in [7, 11) is 0. The molecule has 7 nitrogen and oxygen atoms in total. The predicted molar refractivity (Wildman–Crippen MR) is 87.7 cm³/mol. The molecule has 1 aliphatic heterocycles. The first-order valence-electron chi connectivity index (χ1n) is 7.88. The molecule has 126 valence electrons. The van der Waals surface area contributed by atoms with Gasteiger partial charge >= 0.3 is 6.09 Å². The van der Waals surface area contributed by atoms with Gasteiger partial charge in [0.25, 0.3) is 5.69 Å². The van der Waals surface area contributed by atoms with Crippen LogP contribution in [-0.4, -0.2) is 48.7 Å². The van der Waals surface area contributed by atoms with Crippen LogP contribution in [0.3, 0.4) is 0 Å². The summed E-state index contributed by atoms with van der Waals surface area (Å²) in [6, 6.07) is 6.53. The molecule has 2 rings (SSSR count). The molecule has 1 aliphatic rings. The maximum atomic E-state index is 12.0. The van der Waals surface area contributed by atoms with Gasteiger partial charge in [0.05, 0.1) is 11.5 Å². The number of anilines is 1. The number of nitro benzene ring substituents is 1. The van der Waals surface area contributed by atoms with Gasteiger partial charge in [-0.05, 0) is 24.5 Å². The maximum Gasteiger partial charge on any atom is 0.409 e. The number of ether oxygens (including phenoxy) is 1. The monoisotopic (exact) mass is 321 g/mol. The number of carbonyl (C=O) groups excluding carboxylic acids is 1. The molecular formula is C16H23N3O4. The van der Waals surface area contributed by atoms with Crippen molar-refractivity contribution >= 4 is 17.5 Å². The fourth-order valence-corrected chi connectivity index (χ4v) is 2.47. The Balaban J connectivity index is 1.92. The highest BCUT2D eigenvalue weighted by atomic mass is 16.6. The Kier molecular flexibility index (Phi) is 5.78. The van der Waals surface area contributed by atoms with E-state index >= 15 is 0 Å². The van der Waals surface area contributed by atoms with Crippen LogP contribution >= 0.6 is 0 Å². The number of amides is 1. The van der Waals surface area contributed by atoms with Crippen molar-refractivity contribution in [2.45, 2.75) is 20.3 Å². The number of nitro groups is 1. The van der Waals surface area contributed by atoms with Crippen LogP contribution in [0.1, 0.15) is 20.3 Å². The third-order valence-corrected chi connectivity index (χ3v) is 3.72. The van der Waals surface area contributed by atoms with Gasteiger partial charge in [0.15, 0.2) is 0 Å². The fourth-order valence-electron chi connectivity index (χ4n) is 2.47. The fraction of sp³-hybridized carbons (Fsp3) is 0.562. The molecule has 7 heteroatoms. The summed E-state index contributed by atoms with van der Waals surface area (Å²) in [6.45, 7) is 7.20. The van der Waals surface area contributed by atoms with Crippen molar-refractivity contribution in [3.05, 3.63) is 34.4 Å². The molecule has 0 radical (unpaired) electrons. The molecule has 1 saturated heterocycles. The first-order chi connectivity index (χ1) is 11.0.